The van der Waals surface area contributed by atoms with Gasteiger partial charge in [0.15, 0.2) is 0 Å². The molecule has 186 valence electrons. The van der Waals surface area contributed by atoms with Crippen LogP contribution in [0.4, 0.5) is 0 Å². The smallest absolute Gasteiger partial charge is 0.305 e. The van der Waals surface area contributed by atoms with Gasteiger partial charge < -0.3 is 9.84 Å². The molecule has 2 aromatic rings. The van der Waals surface area contributed by atoms with Crippen molar-refractivity contribution in [1.29, 1.82) is 0 Å². The highest BCUT2D eigenvalue weighted by molar-refractivity contribution is 7.16. The van der Waals surface area contributed by atoms with Crippen molar-refractivity contribution >= 4 is 53.1 Å². The zero-order valence-electron chi connectivity index (χ0n) is 19.3. The van der Waals surface area contributed by atoms with Gasteiger partial charge in [-0.05, 0) is 49.2 Å². The standard InChI is InChI=1S/C24H29ClN2O5S.ClH/c1-3-10-26(18(14-24(30)31)20-6-7-21(25)33-20)15-17-4-5-19(16(2)13-17)32-12-11-27-22(28)8-9-23(27)29;/h4-7,13,18H,3,8-12,14-15H2,1-2H3,(H,30,31);1H. The van der Waals surface area contributed by atoms with Crippen LogP contribution >= 0.6 is 35.3 Å². The Bertz CT molecular complexity index is 997. The Balaban J connectivity index is 0.00000408. The maximum Gasteiger partial charge on any atom is 0.305 e. The number of aryl methyl sites for hydroxylation is 1. The summed E-state index contributed by atoms with van der Waals surface area (Å²) in [7, 11) is 0. The van der Waals surface area contributed by atoms with Crippen LogP contribution in [0.15, 0.2) is 30.3 Å². The number of amides is 2. The molecular weight excluding hydrogens is 499 g/mol. The molecule has 7 nitrogen and oxygen atoms in total. The van der Waals surface area contributed by atoms with Gasteiger partial charge in [0.1, 0.15) is 12.4 Å². The van der Waals surface area contributed by atoms with Crippen LogP contribution < -0.4 is 4.74 Å². The van der Waals surface area contributed by atoms with Crippen LogP contribution in [0.5, 0.6) is 5.75 Å². The van der Waals surface area contributed by atoms with Crippen molar-refractivity contribution in [1.82, 2.24) is 9.80 Å². The average molecular weight is 529 g/mol. The van der Waals surface area contributed by atoms with Gasteiger partial charge in [-0.2, -0.15) is 0 Å². The van der Waals surface area contributed by atoms with Gasteiger partial charge in [0, 0.05) is 24.3 Å². The van der Waals surface area contributed by atoms with Gasteiger partial charge in [-0.25, -0.2) is 0 Å². The van der Waals surface area contributed by atoms with Crippen LogP contribution in [0, 0.1) is 6.92 Å². The van der Waals surface area contributed by atoms with Gasteiger partial charge in [-0.1, -0.05) is 30.7 Å². The van der Waals surface area contributed by atoms with E-state index >= 15 is 0 Å². The van der Waals surface area contributed by atoms with E-state index in [9.17, 15) is 19.5 Å². The maximum atomic E-state index is 11.7. The number of thiophene rings is 1. The number of nitrogens with zero attached hydrogens (tertiary/aromatic N) is 2. The van der Waals surface area contributed by atoms with E-state index in [0.717, 1.165) is 29.0 Å². The summed E-state index contributed by atoms with van der Waals surface area (Å²) in [5.74, 6) is -0.434. The lowest BCUT2D eigenvalue weighted by Crippen LogP contribution is -2.33. The number of hydrogen-bond donors (Lipinski definition) is 1. The lowest BCUT2D eigenvalue weighted by molar-refractivity contribution is -0.140. The number of carbonyl (C=O) groups excluding carboxylic acids is 2. The van der Waals surface area contributed by atoms with Gasteiger partial charge >= 0.3 is 5.97 Å². The summed E-state index contributed by atoms with van der Waals surface area (Å²) in [5, 5.41) is 9.49. The third-order valence-electron chi connectivity index (χ3n) is 5.59. The Hall–Kier alpha value is -2.13. The molecule has 1 aliphatic rings. The van der Waals surface area contributed by atoms with Crippen LogP contribution in [-0.4, -0.2) is 52.4 Å². The van der Waals surface area contributed by atoms with E-state index in [1.807, 2.05) is 31.2 Å². The van der Waals surface area contributed by atoms with Crippen molar-refractivity contribution in [2.75, 3.05) is 19.7 Å². The number of carboxylic acids is 1. The predicted octanol–water partition coefficient (Wildman–Crippen LogP) is 5.09. The largest absolute Gasteiger partial charge is 0.491 e. The number of imide groups is 1. The fourth-order valence-corrected chi connectivity index (χ4v) is 5.24. The number of benzene rings is 1. The van der Waals surface area contributed by atoms with Crippen LogP contribution in [-0.2, 0) is 20.9 Å². The fourth-order valence-electron chi connectivity index (χ4n) is 4.04. The van der Waals surface area contributed by atoms with E-state index in [0.29, 0.717) is 16.6 Å². The van der Waals surface area contributed by atoms with Gasteiger partial charge in [0.25, 0.3) is 0 Å². The van der Waals surface area contributed by atoms with Crippen LogP contribution in [0.1, 0.15) is 54.7 Å². The van der Waals surface area contributed by atoms with Gasteiger partial charge in [-0.3, -0.25) is 24.2 Å². The van der Waals surface area contributed by atoms with E-state index < -0.39 is 5.97 Å². The number of halogens is 2. The Kier molecular flexibility index (Phi) is 10.8. The number of aliphatic carboxylic acids is 1. The first-order valence-electron chi connectivity index (χ1n) is 11.0. The molecule has 1 fully saturated rings. The molecule has 1 aliphatic heterocycles. The number of rotatable bonds is 12. The lowest BCUT2D eigenvalue weighted by atomic mass is 10.1. The maximum absolute atomic E-state index is 11.7. The summed E-state index contributed by atoms with van der Waals surface area (Å²) in [4.78, 5) is 39.4. The SMILES string of the molecule is CCCN(Cc1ccc(OCCN2C(=O)CCC2=O)c(C)c1)C(CC(=O)O)c1ccc(Cl)s1.Cl. The number of ether oxygens (including phenoxy) is 1. The molecule has 0 spiro atoms. The molecule has 1 atom stereocenters. The molecule has 1 unspecified atom stereocenters. The summed E-state index contributed by atoms with van der Waals surface area (Å²) in [6.07, 6.45) is 1.46. The zero-order chi connectivity index (χ0) is 24.0. The summed E-state index contributed by atoms with van der Waals surface area (Å²) in [6, 6.07) is 9.34. The molecule has 1 saturated heterocycles. The average Bonchev–Trinajstić information content (AvgIpc) is 3.33. The first-order valence-corrected chi connectivity index (χ1v) is 12.2. The molecule has 34 heavy (non-hydrogen) atoms. The number of likely N-dealkylation sites (tertiary alicyclic amines) is 1. The van der Waals surface area contributed by atoms with E-state index in [4.69, 9.17) is 16.3 Å². The van der Waals surface area contributed by atoms with Crippen LogP contribution in [0.3, 0.4) is 0 Å². The third-order valence-corrected chi connectivity index (χ3v) is 6.93. The second-order valence-corrected chi connectivity index (χ2v) is 9.86. The van der Waals surface area contributed by atoms with Crippen molar-refractivity contribution < 1.29 is 24.2 Å². The Labute approximate surface area is 215 Å². The molecule has 1 aromatic carbocycles. The number of carboxylic acid groups (broad SMARTS) is 1. The number of carbonyl (C=O) groups is 3. The van der Waals surface area contributed by atoms with Gasteiger partial charge in [-0.15, -0.1) is 23.7 Å². The molecule has 0 radical (unpaired) electrons. The zero-order valence-corrected chi connectivity index (χ0v) is 21.7. The van der Waals surface area contributed by atoms with Crippen molar-refractivity contribution in [3.63, 3.8) is 0 Å². The normalized spacial score (nSPS) is 14.4. The first kappa shape index (κ1) is 28.1. The van der Waals surface area contributed by atoms with E-state index in [-0.39, 0.29) is 62.7 Å². The summed E-state index contributed by atoms with van der Waals surface area (Å²) < 4.78 is 6.47. The van der Waals surface area contributed by atoms with Crippen molar-refractivity contribution in [2.24, 2.45) is 0 Å². The minimum Gasteiger partial charge on any atom is -0.491 e. The first-order chi connectivity index (χ1) is 15.8. The minimum absolute atomic E-state index is 0. The third kappa shape index (κ3) is 7.43. The van der Waals surface area contributed by atoms with Gasteiger partial charge in [0.2, 0.25) is 11.8 Å². The fraction of sp³-hybridized carbons (Fsp3) is 0.458. The molecule has 2 heterocycles. The highest BCUT2D eigenvalue weighted by atomic mass is 35.5. The molecule has 0 saturated carbocycles. The number of hydrogen-bond acceptors (Lipinski definition) is 6. The van der Waals surface area contributed by atoms with Crippen molar-refractivity contribution in [3.8, 4) is 5.75 Å². The van der Waals surface area contributed by atoms with E-state index in [2.05, 4.69) is 11.8 Å². The van der Waals surface area contributed by atoms with Crippen LogP contribution in [0.2, 0.25) is 4.34 Å². The lowest BCUT2D eigenvalue weighted by Gasteiger charge is -2.30. The molecule has 10 heteroatoms. The van der Waals surface area contributed by atoms with Gasteiger partial charge in [0.05, 0.1) is 23.3 Å². The topological polar surface area (TPSA) is 87.2 Å². The van der Waals surface area contributed by atoms with E-state index in [1.54, 1.807) is 6.07 Å². The van der Waals surface area contributed by atoms with Crippen molar-refractivity contribution in [2.45, 2.75) is 52.1 Å². The molecule has 2 amide bonds. The summed E-state index contributed by atoms with van der Waals surface area (Å²) in [6.45, 7) is 5.87. The second-order valence-electron chi connectivity index (χ2n) is 8.11. The molecule has 1 aromatic heterocycles. The monoisotopic (exact) mass is 528 g/mol. The van der Waals surface area contributed by atoms with Crippen LogP contribution in [0.25, 0.3) is 0 Å². The summed E-state index contributed by atoms with van der Waals surface area (Å²) in [5.41, 5.74) is 1.99. The van der Waals surface area contributed by atoms with E-state index in [1.165, 1.54) is 16.2 Å². The van der Waals surface area contributed by atoms with Crippen molar-refractivity contribution in [3.05, 3.63) is 50.7 Å². The molecular formula is C24H30Cl2N2O5S. The Morgan fingerprint density at radius 2 is 1.94 bits per heavy atom. The highest BCUT2D eigenvalue weighted by Crippen LogP contribution is 2.34. The molecule has 1 N–H and O–H groups in total. The second kappa shape index (κ2) is 13.1. The Morgan fingerprint density at radius 3 is 2.50 bits per heavy atom. The molecule has 3 rings (SSSR count). The minimum atomic E-state index is -0.847. The Morgan fingerprint density at radius 1 is 1.24 bits per heavy atom. The predicted molar refractivity (Wildman–Crippen MR) is 135 cm³/mol. The molecule has 0 aliphatic carbocycles. The quantitative estimate of drug-likeness (QED) is 0.386. The summed E-state index contributed by atoms with van der Waals surface area (Å²) >= 11 is 7.54. The highest BCUT2D eigenvalue weighted by Gasteiger charge is 2.28. The molecule has 0 bridgehead atoms.